The quantitative estimate of drug-likeness (QED) is 0.913. The van der Waals surface area contributed by atoms with E-state index in [0.717, 1.165) is 25.1 Å². The lowest BCUT2D eigenvalue weighted by atomic mass is 10.1. The summed E-state index contributed by atoms with van der Waals surface area (Å²) in [5.41, 5.74) is 1.41. The van der Waals surface area contributed by atoms with Crippen molar-refractivity contribution in [2.75, 3.05) is 6.61 Å². The molecule has 0 amide bonds. The molecule has 1 fully saturated rings. The number of rotatable bonds is 4. The van der Waals surface area contributed by atoms with Gasteiger partial charge in [-0.05, 0) is 31.9 Å². The van der Waals surface area contributed by atoms with Crippen LogP contribution in [-0.2, 0) is 11.3 Å². The second-order valence-electron chi connectivity index (χ2n) is 5.24. The molecule has 1 aliphatic rings. The van der Waals surface area contributed by atoms with Crippen LogP contribution in [0.25, 0.3) is 5.65 Å². The molecular weight excluding hydrogens is 254 g/mol. The average Bonchev–Trinajstić information content (AvgIpc) is 2.99. The zero-order valence-electron chi connectivity index (χ0n) is 11.6. The van der Waals surface area contributed by atoms with E-state index in [1.807, 2.05) is 18.2 Å². The minimum atomic E-state index is -0.0443. The van der Waals surface area contributed by atoms with Crippen LogP contribution in [0.15, 0.2) is 35.3 Å². The van der Waals surface area contributed by atoms with Crippen molar-refractivity contribution in [2.45, 2.75) is 38.5 Å². The van der Waals surface area contributed by atoms with Crippen molar-refractivity contribution in [1.29, 1.82) is 0 Å². The molecule has 2 aromatic heterocycles. The van der Waals surface area contributed by atoms with Crippen molar-refractivity contribution < 1.29 is 4.74 Å². The van der Waals surface area contributed by atoms with Gasteiger partial charge in [0, 0.05) is 31.5 Å². The molecule has 0 aromatic carbocycles. The molecule has 2 unspecified atom stereocenters. The Hall–Kier alpha value is -1.72. The molecule has 1 aliphatic heterocycles. The zero-order valence-corrected chi connectivity index (χ0v) is 11.6. The van der Waals surface area contributed by atoms with Gasteiger partial charge < -0.3 is 10.1 Å². The second kappa shape index (κ2) is 5.73. The van der Waals surface area contributed by atoms with Crippen LogP contribution in [0.2, 0.25) is 0 Å². The maximum Gasteiger partial charge on any atom is 0.258 e. The lowest BCUT2D eigenvalue weighted by molar-refractivity contribution is 0.0831. The first-order chi connectivity index (χ1) is 9.74. The fourth-order valence-corrected chi connectivity index (χ4v) is 2.59. The third-order valence-corrected chi connectivity index (χ3v) is 3.75. The maximum atomic E-state index is 12.0. The summed E-state index contributed by atoms with van der Waals surface area (Å²) < 4.78 is 7.20. The van der Waals surface area contributed by atoms with Gasteiger partial charge in [0.25, 0.3) is 5.56 Å². The van der Waals surface area contributed by atoms with E-state index in [1.165, 1.54) is 0 Å². The lowest BCUT2D eigenvalue weighted by Crippen LogP contribution is -2.37. The highest BCUT2D eigenvalue weighted by Crippen LogP contribution is 2.15. The Morgan fingerprint density at radius 2 is 2.45 bits per heavy atom. The van der Waals surface area contributed by atoms with E-state index in [4.69, 9.17) is 4.74 Å². The average molecular weight is 273 g/mol. The zero-order chi connectivity index (χ0) is 13.9. The molecule has 1 N–H and O–H groups in total. The number of nitrogens with zero attached hydrogens (tertiary/aromatic N) is 2. The van der Waals surface area contributed by atoms with Gasteiger partial charge in [0.15, 0.2) is 0 Å². The normalized spacial score (nSPS) is 20.4. The van der Waals surface area contributed by atoms with Gasteiger partial charge in [-0.3, -0.25) is 9.20 Å². The number of ether oxygens (including phenoxy) is 1. The Morgan fingerprint density at radius 1 is 1.55 bits per heavy atom. The highest BCUT2D eigenvalue weighted by Gasteiger charge is 2.21. The van der Waals surface area contributed by atoms with Crippen LogP contribution >= 0.6 is 0 Å². The van der Waals surface area contributed by atoms with Crippen LogP contribution in [0, 0.1) is 0 Å². The van der Waals surface area contributed by atoms with Crippen LogP contribution in [0.4, 0.5) is 0 Å². The van der Waals surface area contributed by atoms with Gasteiger partial charge in [-0.15, -0.1) is 0 Å². The Labute approximate surface area is 117 Å². The first-order valence-corrected chi connectivity index (χ1v) is 7.06. The highest BCUT2D eigenvalue weighted by atomic mass is 16.5. The minimum Gasteiger partial charge on any atom is -0.377 e. The number of hydrogen-bond acceptors (Lipinski definition) is 4. The van der Waals surface area contributed by atoms with Crippen molar-refractivity contribution in [3.63, 3.8) is 0 Å². The van der Waals surface area contributed by atoms with Crippen molar-refractivity contribution in [3.8, 4) is 0 Å². The van der Waals surface area contributed by atoms with E-state index < -0.39 is 0 Å². The van der Waals surface area contributed by atoms with Crippen LogP contribution in [0.3, 0.4) is 0 Å². The molecule has 2 atom stereocenters. The molecule has 0 bridgehead atoms. The summed E-state index contributed by atoms with van der Waals surface area (Å²) >= 11 is 0. The summed E-state index contributed by atoms with van der Waals surface area (Å²) in [6.45, 7) is 3.55. The Balaban J connectivity index is 1.72. The van der Waals surface area contributed by atoms with Gasteiger partial charge >= 0.3 is 0 Å². The fraction of sp³-hybridized carbons (Fsp3) is 0.467. The number of hydrogen-bond donors (Lipinski definition) is 1. The van der Waals surface area contributed by atoms with Crippen LogP contribution in [-0.4, -0.2) is 28.1 Å². The topological polar surface area (TPSA) is 55.6 Å². The summed E-state index contributed by atoms with van der Waals surface area (Å²) in [5, 5.41) is 3.40. The van der Waals surface area contributed by atoms with E-state index in [-0.39, 0.29) is 17.7 Å². The SMILES string of the molecule is CC(NCc1cc(=O)n2ccccc2n1)C1CCCO1. The van der Waals surface area contributed by atoms with Gasteiger partial charge in [-0.25, -0.2) is 4.98 Å². The Morgan fingerprint density at radius 3 is 3.25 bits per heavy atom. The van der Waals surface area contributed by atoms with Crippen molar-refractivity contribution >= 4 is 5.65 Å². The van der Waals surface area contributed by atoms with E-state index in [9.17, 15) is 4.79 Å². The molecule has 0 saturated carbocycles. The molecule has 106 valence electrons. The molecule has 3 heterocycles. The number of fused-ring (bicyclic) bond motifs is 1. The van der Waals surface area contributed by atoms with Crippen molar-refractivity contribution in [1.82, 2.24) is 14.7 Å². The predicted octanol–water partition coefficient (Wildman–Crippen LogP) is 1.35. The highest BCUT2D eigenvalue weighted by molar-refractivity contribution is 5.37. The van der Waals surface area contributed by atoms with Gasteiger partial charge in [0.05, 0.1) is 11.8 Å². The summed E-state index contributed by atoms with van der Waals surface area (Å²) in [4.78, 5) is 16.5. The summed E-state index contributed by atoms with van der Waals surface area (Å²) in [5.74, 6) is 0. The minimum absolute atomic E-state index is 0.0443. The van der Waals surface area contributed by atoms with Gasteiger partial charge in [-0.2, -0.15) is 0 Å². The fourth-order valence-electron chi connectivity index (χ4n) is 2.59. The van der Waals surface area contributed by atoms with Gasteiger partial charge in [0.2, 0.25) is 0 Å². The Bertz CT molecular complexity index is 647. The number of pyridine rings is 1. The first kappa shape index (κ1) is 13.3. The van der Waals surface area contributed by atoms with Crippen LogP contribution in [0.1, 0.15) is 25.5 Å². The second-order valence-corrected chi connectivity index (χ2v) is 5.24. The third kappa shape index (κ3) is 2.73. The van der Waals surface area contributed by atoms with E-state index in [1.54, 1.807) is 16.7 Å². The molecule has 1 saturated heterocycles. The standard InChI is InChI=1S/C15H19N3O2/c1-11(13-5-4-8-20-13)16-10-12-9-15(19)18-7-3-2-6-14(18)17-12/h2-3,6-7,9,11,13,16H,4-5,8,10H2,1H3. The molecule has 20 heavy (non-hydrogen) atoms. The maximum absolute atomic E-state index is 12.0. The molecule has 5 nitrogen and oxygen atoms in total. The van der Waals surface area contributed by atoms with Crippen LogP contribution in [0.5, 0.6) is 0 Å². The molecule has 0 spiro atoms. The monoisotopic (exact) mass is 273 g/mol. The molecule has 2 aromatic rings. The van der Waals surface area contributed by atoms with Crippen LogP contribution < -0.4 is 10.9 Å². The van der Waals surface area contributed by atoms with E-state index >= 15 is 0 Å². The third-order valence-electron chi connectivity index (χ3n) is 3.75. The number of aromatic nitrogens is 2. The summed E-state index contributed by atoms with van der Waals surface area (Å²) in [6.07, 6.45) is 4.24. The molecular formula is C15H19N3O2. The van der Waals surface area contributed by atoms with Crippen molar-refractivity contribution in [2.24, 2.45) is 0 Å². The lowest BCUT2D eigenvalue weighted by Gasteiger charge is -2.19. The molecule has 0 radical (unpaired) electrons. The Kier molecular flexibility index (Phi) is 3.80. The van der Waals surface area contributed by atoms with E-state index in [2.05, 4.69) is 17.2 Å². The summed E-state index contributed by atoms with van der Waals surface area (Å²) in [6, 6.07) is 7.41. The smallest absolute Gasteiger partial charge is 0.258 e. The van der Waals surface area contributed by atoms with E-state index in [0.29, 0.717) is 12.2 Å². The largest absolute Gasteiger partial charge is 0.377 e. The molecule has 0 aliphatic carbocycles. The summed E-state index contributed by atoms with van der Waals surface area (Å²) in [7, 11) is 0. The predicted molar refractivity (Wildman–Crippen MR) is 76.7 cm³/mol. The van der Waals surface area contributed by atoms with Gasteiger partial charge in [0.1, 0.15) is 5.65 Å². The molecule has 3 rings (SSSR count). The molecule has 5 heteroatoms. The van der Waals surface area contributed by atoms with Crippen molar-refractivity contribution in [3.05, 3.63) is 46.5 Å². The first-order valence-electron chi connectivity index (χ1n) is 7.06. The van der Waals surface area contributed by atoms with Gasteiger partial charge in [-0.1, -0.05) is 6.07 Å². The number of nitrogens with one attached hydrogen (secondary N) is 1.